The first-order chi connectivity index (χ1) is 12.1. The van der Waals surface area contributed by atoms with Gasteiger partial charge in [0, 0.05) is 18.0 Å². The van der Waals surface area contributed by atoms with Gasteiger partial charge in [-0.3, -0.25) is 0 Å². The fourth-order valence-corrected chi connectivity index (χ4v) is 2.92. The van der Waals surface area contributed by atoms with E-state index in [-0.39, 0.29) is 23.2 Å². The van der Waals surface area contributed by atoms with E-state index in [2.05, 4.69) is 15.3 Å². The van der Waals surface area contributed by atoms with Crippen molar-refractivity contribution in [3.63, 3.8) is 0 Å². The largest absolute Gasteiger partial charge is 0.507 e. The van der Waals surface area contributed by atoms with Crippen molar-refractivity contribution in [1.82, 2.24) is 9.97 Å². The highest BCUT2D eigenvalue weighted by Crippen LogP contribution is 2.33. The molecular formula is C19H19FN4O. The van der Waals surface area contributed by atoms with Crippen LogP contribution in [0.1, 0.15) is 12.8 Å². The van der Waals surface area contributed by atoms with Crippen molar-refractivity contribution in [1.29, 1.82) is 0 Å². The van der Waals surface area contributed by atoms with E-state index in [0.29, 0.717) is 18.3 Å². The molecule has 1 fully saturated rings. The minimum Gasteiger partial charge on any atom is -0.507 e. The molecule has 25 heavy (non-hydrogen) atoms. The molecule has 4 N–H and O–H groups in total. The third-order valence-electron chi connectivity index (χ3n) is 4.54. The fourth-order valence-electron chi connectivity index (χ4n) is 2.92. The van der Waals surface area contributed by atoms with E-state index in [0.717, 1.165) is 10.9 Å². The van der Waals surface area contributed by atoms with Gasteiger partial charge in [0.05, 0.1) is 11.1 Å². The highest BCUT2D eigenvalue weighted by atomic mass is 19.1. The topological polar surface area (TPSA) is 84.1 Å². The summed E-state index contributed by atoms with van der Waals surface area (Å²) in [6.45, 7) is 0.611. The van der Waals surface area contributed by atoms with E-state index in [1.165, 1.54) is 31.0 Å². The van der Waals surface area contributed by atoms with Gasteiger partial charge in [-0.15, -0.1) is 0 Å². The number of hydrogen-bond donors (Lipinski definition) is 3. The van der Waals surface area contributed by atoms with Crippen molar-refractivity contribution in [3.8, 4) is 17.1 Å². The molecule has 1 heterocycles. The van der Waals surface area contributed by atoms with Gasteiger partial charge in [-0.05, 0) is 49.1 Å². The smallest absolute Gasteiger partial charge is 0.165 e. The number of aromatic hydroxyl groups is 1. The lowest BCUT2D eigenvalue weighted by Gasteiger charge is -2.15. The summed E-state index contributed by atoms with van der Waals surface area (Å²) >= 11 is 0. The lowest BCUT2D eigenvalue weighted by Crippen LogP contribution is -2.31. The Kier molecular flexibility index (Phi) is 3.97. The molecule has 1 aromatic heterocycles. The van der Waals surface area contributed by atoms with Crippen LogP contribution >= 0.6 is 0 Å². The molecule has 3 aromatic rings. The molecule has 6 heteroatoms. The monoisotopic (exact) mass is 338 g/mol. The number of benzene rings is 2. The molecule has 1 saturated carbocycles. The van der Waals surface area contributed by atoms with Crippen molar-refractivity contribution >= 4 is 16.7 Å². The average Bonchev–Trinajstić information content (AvgIpc) is 3.46. The molecule has 128 valence electrons. The zero-order valence-electron chi connectivity index (χ0n) is 13.6. The predicted octanol–water partition coefficient (Wildman–Crippen LogP) is 3.29. The molecule has 5 nitrogen and oxygen atoms in total. The number of halogens is 1. The second kappa shape index (κ2) is 6.29. The maximum absolute atomic E-state index is 13.6. The highest BCUT2D eigenvalue weighted by molar-refractivity contribution is 5.90. The van der Waals surface area contributed by atoms with Crippen molar-refractivity contribution in [2.45, 2.75) is 18.9 Å². The molecule has 1 aliphatic rings. The number of phenols is 1. The summed E-state index contributed by atoms with van der Waals surface area (Å²) in [6, 6.07) is 11.4. The summed E-state index contributed by atoms with van der Waals surface area (Å²) < 4.78 is 13.6. The Hall–Kier alpha value is -2.73. The van der Waals surface area contributed by atoms with Crippen LogP contribution < -0.4 is 11.1 Å². The van der Waals surface area contributed by atoms with E-state index in [1.54, 1.807) is 0 Å². The first-order valence-electron chi connectivity index (χ1n) is 8.37. The number of para-hydroxylation sites is 1. The quantitative estimate of drug-likeness (QED) is 0.665. The van der Waals surface area contributed by atoms with Crippen molar-refractivity contribution < 1.29 is 9.50 Å². The summed E-state index contributed by atoms with van der Waals surface area (Å²) in [6.07, 6.45) is 2.35. The Morgan fingerprint density at radius 2 is 2.00 bits per heavy atom. The number of phenolic OH excluding ortho intramolecular Hbond substituents is 1. The Morgan fingerprint density at radius 1 is 1.20 bits per heavy atom. The average molecular weight is 338 g/mol. The second-order valence-electron chi connectivity index (χ2n) is 6.46. The van der Waals surface area contributed by atoms with E-state index >= 15 is 0 Å². The molecule has 0 radical (unpaired) electrons. The first-order valence-corrected chi connectivity index (χ1v) is 8.37. The summed E-state index contributed by atoms with van der Waals surface area (Å²) in [7, 11) is 0. The fraction of sp³-hybridized carbons (Fsp3) is 0.263. The molecule has 0 saturated heterocycles. The van der Waals surface area contributed by atoms with Crippen molar-refractivity contribution in [3.05, 3.63) is 48.3 Å². The van der Waals surface area contributed by atoms with Crippen LogP contribution in [0.25, 0.3) is 22.3 Å². The van der Waals surface area contributed by atoms with Gasteiger partial charge in [0.2, 0.25) is 0 Å². The Bertz CT molecular complexity index is 926. The van der Waals surface area contributed by atoms with Crippen LogP contribution in [-0.4, -0.2) is 27.7 Å². The van der Waals surface area contributed by atoms with Gasteiger partial charge >= 0.3 is 0 Å². The van der Waals surface area contributed by atoms with E-state index < -0.39 is 5.82 Å². The summed E-state index contributed by atoms with van der Waals surface area (Å²) in [4.78, 5) is 8.99. The van der Waals surface area contributed by atoms with Gasteiger partial charge in [-0.25, -0.2) is 14.4 Å². The molecular weight excluding hydrogens is 319 g/mol. The number of aromatic nitrogens is 2. The zero-order chi connectivity index (χ0) is 17.4. The van der Waals surface area contributed by atoms with Gasteiger partial charge in [-0.1, -0.05) is 12.1 Å². The number of anilines is 1. The van der Waals surface area contributed by atoms with Crippen LogP contribution in [0.3, 0.4) is 0 Å². The van der Waals surface area contributed by atoms with Crippen molar-refractivity contribution in [2.75, 3.05) is 11.9 Å². The Labute approximate surface area is 144 Å². The van der Waals surface area contributed by atoms with Crippen LogP contribution in [0.2, 0.25) is 0 Å². The minimum atomic E-state index is -0.449. The standard InChI is InChI=1S/C19H19FN4O/c20-12-7-8-17(25)14(9-12)19-23-16-4-2-1-3-13(16)18(24-19)22-10-15(21)11-5-6-11/h1-4,7-9,11,15,25H,5-6,10,21H2,(H,22,23,24)/t15-/m0/s1. The molecule has 1 atom stereocenters. The van der Waals surface area contributed by atoms with Gasteiger partial charge in [0.25, 0.3) is 0 Å². The van der Waals surface area contributed by atoms with Crippen LogP contribution in [0.4, 0.5) is 10.2 Å². The van der Waals surface area contributed by atoms with E-state index in [1.807, 2.05) is 24.3 Å². The SMILES string of the molecule is N[C@@H](CNc1nc(-c2cc(F)ccc2O)nc2ccccc12)C1CC1. The molecule has 0 bridgehead atoms. The first kappa shape index (κ1) is 15.8. The van der Waals surface area contributed by atoms with Gasteiger partial charge in [0.1, 0.15) is 17.4 Å². The molecule has 2 aromatic carbocycles. The minimum absolute atomic E-state index is 0.0580. The third kappa shape index (κ3) is 3.25. The van der Waals surface area contributed by atoms with Crippen LogP contribution in [0.15, 0.2) is 42.5 Å². The second-order valence-corrected chi connectivity index (χ2v) is 6.46. The zero-order valence-corrected chi connectivity index (χ0v) is 13.6. The van der Waals surface area contributed by atoms with E-state index in [9.17, 15) is 9.50 Å². The van der Waals surface area contributed by atoms with Gasteiger partial charge < -0.3 is 16.2 Å². The summed E-state index contributed by atoms with van der Waals surface area (Å²) in [5.41, 5.74) is 7.15. The highest BCUT2D eigenvalue weighted by Gasteiger charge is 2.28. The molecule has 0 amide bonds. The number of nitrogens with one attached hydrogen (secondary N) is 1. The van der Waals surface area contributed by atoms with E-state index in [4.69, 9.17) is 5.73 Å². The van der Waals surface area contributed by atoms with Crippen LogP contribution in [0, 0.1) is 11.7 Å². The number of nitrogens with two attached hydrogens (primary N) is 1. The predicted molar refractivity (Wildman–Crippen MR) is 95.8 cm³/mol. The van der Waals surface area contributed by atoms with Crippen molar-refractivity contribution in [2.24, 2.45) is 11.7 Å². The molecule has 0 unspecified atom stereocenters. The maximum atomic E-state index is 13.6. The number of fused-ring (bicyclic) bond motifs is 1. The molecule has 0 aliphatic heterocycles. The Balaban J connectivity index is 1.76. The van der Waals surface area contributed by atoms with Crippen LogP contribution in [0.5, 0.6) is 5.75 Å². The van der Waals surface area contributed by atoms with Gasteiger partial charge in [0.15, 0.2) is 5.82 Å². The van der Waals surface area contributed by atoms with Gasteiger partial charge in [-0.2, -0.15) is 0 Å². The maximum Gasteiger partial charge on any atom is 0.165 e. The number of hydrogen-bond acceptors (Lipinski definition) is 5. The molecule has 1 aliphatic carbocycles. The van der Waals surface area contributed by atoms with Crippen LogP contribution in [-0.2, 0) is 0 Å². The lowest BCUT2D eigenvalue weighted by molar-refractivity contribution is 0.475. The number of nitrogens with zero attached hydrogens (tertiary/aromatic N) is 2. The Morgan fingerprint density at radius 3 is 2.80 bits per heavy atom. The molecule has 0 spiro atoms. The number of rotatable bonds is 5. The summed E-state index contributed by atoms with van der Waals surface area (Å²) in [5.74, 6) is 0.984. The lowest BCUT2D eigenvalue weighted by atomic mass is 10.1. The summed E-state index contributed by atoms with van der Waals surface area (Å²) in [5, 5.41) is 14.2. The normalized spacial score (nSPS) is 15.3. The third-order valence-corrected chi connectivity index (χ3v) is 4.54. The molecule has 4 rings (SSSR count).